The normalized spacial score (nSPS) is 19.6. The van der Waals surface area contributed by atoms with E-state index >= 15 is 0 Å². The second-order valence-corrected chi connectivity index (χ2v) is 5.80. The van der Waals surface area contributed by atoms with Crippen LogP contribution in [0.5, 0.6) is 0 Å². The highest BCUT2D eigenvalue weighted by atomic mass is 32.2. The summed E-state index contributed by atoms with van der Waals surface area (Å²) in [5.74, 6) is 0.469. The van der Waals surface area contributed by atoms with Crippen LogP contribution in [-0.4, -0.2) is 31.6 Å². The molecule has 1 aliphatic rings. The molecule has 1 aliphatic heterocycles. The third-order valence-electron chi connectivity index (χ3n) is 1.96. The molecule has 0 aromatic heterocycles. The van der Waals surface area contributed by atoms with Crippen molar-refractivity contribution in [3.63, 3.8) is 0 Å². The van der Waals surface area contributed by atoms with Crippen molar-refractivity contribution in [1.29, 1.82) is 0 Å². The first-order valence-corrected chi connectivity index (χ1v) is 6.26. The first-order chi connectivity index (χ1) is 6.02. The maximum absolute atomic E-state index is 11.7. The molecule has 0 radical (unpaired) electrons. The molecule has 0 aromatic rings. The second-order valence-electron chi connectivity index (χ2n) is 3.79. The Labute approximate surface area is 80.5 Å². The van der Waals surface area contributed by atoms with Crippen molar-refractivity contribution in [2.75, 3.05) is 18.8 Å². The molecule has 1 heterocycles. The standard InChI is InChI=1S/C9H17NO2S/c1-9(2)8-13(11,12)10-6-4-3-5-7-10/h3-4,9H,5-8H2,1-2H3. The smallest absolute Gasteiger partial charge is 0.212 e. The molecular formula is C9H17NO2S. The topological polar surface area (TPSA) is 37.4 Å². The van der Waals surface area contributed by atoms with E-state index in [1.54, 1.807) is 4.31 Å². The van der Waals surface area contributed by atoms with Crippen molar-refractivity contribution < 1.29 is 8.42 Å². The number of rotatable bonds is 3. The van der Waals surface area contributed by atoms with E-state index < -0.39 is 10.0 Å². The first-order valence-electron chi connectivity index (χ1n) is 4.65. The van der Waals surface area contributed by atoms with Crippen LogP contribution in [-0.2, 0) is 10.0 Å². The van der Waals surface area contributed by atoms with E-state index in [2.05, 4.69) is 0 Å². The molecule has 0 N–H and O–H groups in total. The fourth-order valence-corrected chi connectivity index (χ4v) is 3.15. The molecule has 0 aliphatic carbocycles. The monoisotopic (exact) mass is 203 g/mol. The Balaban J connectivity index is 2.63. The minimum absolute atomic E-state index is 0.205. The van der Waals surface area contributed by atoms with E-state index in [0.29, 0.717) is 13.1 Å². The van der Waals surface area contributed by atoms with Gasteiger partial charge in [-0.15, -0.1) is 0 Å². The molecule has 0 amide bonds. The lowest BCUT2D eigenvalue weighted by molar-refractivity contribution is 0.432. The van der Waals surface area contributed by atoms with Crippen molar-refractivity contribution in [3.8, 4) is 0 Å². The van der Waals surface area contributed by atoms with Gasteiger partial charge in [0, 0.05) is 13.1 Å². The maximum atomic E-state index is 11.7. The molecule has 0 spiro atoms. The van der Waals surface area contributed by atoms with E-state index in [9.17, 15) is 8.42 Å². The van der Waals surface area contributed by atoms with Gasteiger partial charge < -0.3 is 0 Å². The van der Waals surface area contributed by atoms with E-state index in [1.807, 2.05) is 26.0 Å². The molecule has 0 aromatic carbocycles. The number of hydrogen-bond donors (Lipinski definition) is 0. The van der Waals surface area contributed by atoms with Crippen LogP contribution in [0.25, 0.3) is 0 Å². The van der Waals surface area contributed by atoms with Crippen molar-refractivity contribution >= 4 is 10.0 Å². The Kier molecular flexibility index (Phi) is 3.50. The number of nitrogens with zero attached hydrogens (tertiary/aromatic N) is 1. The molecule has 0 saturated heterocycles. The van der Waals surface area contributed by atoms with Crippen molar-refractivity contribution in [2.24, 2.45) is 5.92 Å². The lowest BCUT2D eigenvalue weighted by Crippen LogP contribution is -2.36. The highest BCUT2D eigenvalue weighted by Crippen LogP contribution is 2.11. The van der Waals surface area contributed by atoms with Crippen molar-refractivity contribution in [1.82, 2.24) is 4.31 Å². The van der Waals surface area contributed by atoms with Crippen LogP contribution in [0.15, 0.2) is 12.2 Å². The minimum atomic E-state index is -3.00. The lowest BCUT2D eigenvalue weighted by atomic mass is 10.3. The van der Waals surface area contributed by atoms with Crippen LogP contribution < -0.4 is 0 Å². The maximum Gasteiger partial charge on any atom is 0.214 e. The lowest BCUT2D eigenvalue weighted by Gasteiger charge is -2.23. The molecule has 0 unspecified atom stereocenters. The zero-order chi connectivity index (χ0) is 9.90. The summed E-state index contributed by atoms with van der Waals surface area (Å²) < 4.78 is 24.9. The zero-order valence-corrected chi connectivity index (χ0v) is 9.05. The van der Waals surface area contributed by atoms with E-state index in [0.717, 1.165) is 6.42 Å². The van der Waals surface area contributed by atoms with Crippen LogP contribution >= 0.6 is 0 Å². The number of sulfonamides is 1. The van der Waals surface area contributed by atoms with Crippen LogP contribution in [0.1, 0.15) is 20.3 Å². The minimum Gasteiger partial charge on any atom is -0.212 e. The summed E-state index contributed by atoms with van der Waals surface area (Å²) in [5, 5.41) is 0. The third kappa shape index (κ3) is 3.12. The average Bonchev–Trinajstić information content (AvgIpc) is 2.04. The summed E-state index contributed by atoms with van der Waals surface area (Å²) in [5.41, 5.74) is 0. The third-order valence-corrected chi connectivity index (χ3v) is 4.16. The van der Waals surface area contributed by atoms with Gasteiger partial charge in [0.25, 0.3) is 0 Å². The summed E-state index contributed by atoms with van der Waals surface area (Å²) in [4.78, 5) is 0. The summed E-state index contributed by atoms with van der Waals surface area (Å²) >= 11 is 0. The summed E-state index contributed by atoms with van der Waals surface area (Å²) in [6.07, 6.45) is 4.79. The SMILES string of the molecule is CC(C)CS(=O)(=O)N1CC=CCC1. The van der Waals surface area contributed by atoms with Gasteiger partial charge in [-0.2, -0.15) is 4.31 Å². The summed E-state index contributed by atoms with van der Waals surface area (Å²) in [7, 11) is -3.00. The fourth-order valence-electron chi connectivity index (χ4n) is 1.40. The van der Waals surface area contributed by atoms with Gasteiger partial charge in [-0.1, -0.05) is 26.0 Å². The average molecular weight is 203 g/mol. The molecule has 13 heavy (non-hydrogen) atoms. The van der Waals surface area contributed by atoms with Gasteiger partial charge in [0.05, 0.1) is 5.75 Å². The zero-order valence-electron chi connectivity index (χ0n) is 8.23. The Bertz CT molecular complexity index is 280. The van der Waals surface area contributed by atoms with Crippen molar-refractivity contribution in [2.45, 2.75) is 20.3 Å². The molecular weight excluding hydrogens is 186 g/mol. The molecule has 76 valence electrons. The second kappa shape index (κ2) is 4.24. The Hall–Kier alpha value is -0.350. The van der Waals surface area contributed by atoms with Gasteiger partial charge in [0.15, 0.2) is 0 Å². The van der Waals surface area contributed by atoms with E-state index in [1.165, 1.54) is 0 Å². The molecule has 3 nitrogen and oxygen atoms in total. The molecule has 4 heteroatoms. The number of hydrogen-bond acceptors (Lipinski definition) is 2. The van der Waals surface area contributed by atoms with Crippen LogP contribution in [0.2, 0.25) is 0 Å². The Morgan fingerprint density at radius 2 is 2.08 bits per heavy atom. The molecule has 0 saturated carbocycles. The van der Waals surface area contributed by atoms with Gasteiger partial charge in [-0.05, 0) is 12.3 Å². The molecule has 0 atom stereocenters. The van der Waals surface area contributed by atoms with Crippen LogP contribution in [0, 0.1) is 5.92 Å². The largest absolute Gasteiger partial charge is 0.214 e. The summed E-state index contributed by atoms with van der Waals surface area (Å²) in [6.45, 7) is 5.05. The molecule has 1 rings (SSSR count). The predicted molar refractivity (Wildman–Crippen MR) is 54.0 cm³/mol. The molecule has 0 fully saturated rings. The van der Waals surface area contributed by atoms with Crippen LogP contribution in [0.3, 0.4) is 0 Å². The highest BCUT2D eigenvalue weighted by Gasteiger charge is 2.22. The van der Waals surface area contributed by atoms with E-state index in [4.69, 9.17) is 0 Å². The fraction of sp³-hybridized carbons (Fsp3) is 0.778. The van der Waals surface area contributed by atoms with Gasteiger partial charge in [-0.3, -0.25) is 0 Å². The predicted octanol–water partition coefficient (Wildman–Crippen LogP) is 1.23. The quantitative estimate of drug-likeness (QED) is 0.647. The van der Waals surface area contributed by atoms with Crippen molar-refractivity contribution in [3.05, 3.63) is 12.2 Å². The van der Waals surface area contributed by atoms with Crippen LogP contribution in [0.4, 0.5) is 0 Å². The highest BCUT2D eigenvalue weighted by molar-refractivity contribution is 7.89. The van der Waals surface area contributed by atoms with Gasteiger partial charge in [0.1, 0.15) is 0 Å². The van der Waals surface area contributed by atoms with Gasteiger partial charge >= 0.3 is 0 Å². The summed E-state index contributed by atoms with van der Waals surface area (Å²) in [6, 6.07) is 0. The Morgan fingerprint density at radius 1 is 1.38 bits per heavy atom. The molecule has 0 bridgehead atoms. The van der Waals surface area contributed by atoms with E-state index in [-0.39, 0.29) is 11.7 Å². The Morgan fingerprint density at radius 3 is 2.54 bits per heavy atom. The first kappa shape index (κ1) is 10.7. The van der Waals surface area contributed by atoms with Gasteiger partial charge in [0.2, 0.25) is 10.0 Å². The van der Waals surface area contributed by atoms with Gasteiger partial charge in [-0.25, -0.2) is 8.42 Å².